The molecule has 46 heavy (non-hydrogen) atoms. The van der Waals surface area contributed by atoms with Gasteiger partial charge in [-0.15, -0.1) is 0 Å². The summed E-state index contributed by atoms with van der Waals surface area (Å²) in [6.45, 7) is 6.07. The summed E-state index contributed by atoms with van der Waals surface area (Å²) in [5.41, 5.74) is 0.374. The van der Waals surface area contributed by atoms with Gasteiger partial charge in [0.25, 0.3) is 0 Å². The molecular weight excluding hydrogens is 609 g/mol. The first kappa shape index (κ1) is 41.7. The number of hydrogen-bond acceptors (Lipinski definition) is 8. The van der Waals surface area contributed by atoms with Gasteiger partial charge in [0.05, 0.1) is 32.6 Å². The second-order valence-electron chi connectivity index (χ2n) is 11.8. The van der Waals surface area contributed by atoms with Gasteiger partial charge < -0.3 is 33.6 Å². The number of benzene rings is 1. The van der Waals surface area contributed by atoms with Gasteiger partial charge in [-0.25, -0.2) is 0 Å². The summed E-state index contributed by atoms with van der Waals surface area (Å²) in [4.78, 5) is 24.1. The van der Waals surface area contributed by atoms with Gasteiger partial charge in [-0.05, 0) is 26.7 Å². The monoisotopic (exact) mass is 671 g/mol. The van der Waals surface area contributed by atoms with E-state index in [2.05, 4.69) is 6.92 Å². The first-order valence-corrected chi connectivity index (χ1v) is 19.4. The Balaban J connectivity index is 2.51. The van der Waals surface area contributed by atoms with E-state index in [-0.39, 0.29) is 26.0 Å². The summed E-state index contributed by atoms with van der Waals surface area (Å²) in [5.74, 6) is -1.41. The quantitative estimate of drug-likeness (QED) is 0.0564. The van der Waals surface area contributed by atoms with Gasteiger partial charge in [0.15, 0.2) is 0 Å². The first-order valence-electron chi connectivity index (χ1n) is 17.7. The molecule has 1 aromatic carbocycles. The molecule has 0 aliphatic rings. The summed E-state index contributed by atoms with van der Waals surface area (Å²) in [6.07, 6.45) is 21.2. The van der Waals surface area contributed by atoms with E-state index in [1.165, 1.54) is 88.4 Å². The van der Waals surface area contributed by atoms with Crippen LogP contribution in [0.4, 0.5) is 5.69 Å². The van der Waals surface area contributed by atoms with Gasteiger partial charge in [-0.3, -0.25) is 14.2 Å². The van der Waals surface area contributed by atoms with Crippen molar-refractivity contribution < 1.29 is 42.9 Å². The van der Waals surface area contributed by atoms with E-state index in [1.807, 2.05) is 0 Å². The van der Waals surface area contributed by atoms with Crippen molar-refractivity contribution >= 4 is 25.2 Å². The van der Waals surface area contributed by atoms with Crippen LogP contribution in [-0.4, -0.2) is 67.8 Å². The van der Waals surface area contributed by atoms with Crippen molar-refractivity contribution in [1.82, 2.24) is 0 Å². The number of carboxylic acid groups (broad SMARTS) is 2. The number of aliphatic carboxylic acids is 2. The minimum atomic E-state index is -3.19. The number of carbonyl (C=O) groups is 2. The Morgan fingerprint density at radius 1 is 0.609 bits per heavy atom. The molecule has 0 bridgehead atoms. The number of unbranched alkanes of at least 4 members (excludes halogenated alkanes) is 15. The number of anilines is 1. The van der Waals surface area contributed by atoms with E-state index in [0.717, 1.165) is 19.3 Å². The molecule has 0 atom stereocenters. The van der Waals surface area contributed by atoms with Crippen molar-refractivity contribution in [2.45, 2.75) is 130 Å². The topological polar surface area (TPSA) is 132 Å². The van der Waals surface area contributed by atoms with Crippen LogP contribution in [0.2, 0.25) is 0 Å². The predicted molar refractivity (Wildman–Crippen MR) is 185 cm³/mol. The summed E-state index contributed by atoms with van der Waals surface area (Å²) in [7, 11) is -3.19. The van der Waals surface area contributed by atoms with E-state index in [0.29, 0.717) is 30.2 Å². The third kappa shape index (κ3) is 21.5. The molecule has 0 radical (unpaired) electrons. The maximum Gasteiger partial charge on any atom is 0.330 e. The Bertz CT molecular complexity index is 965. The highest BCUT2D eigenvalue weighted by Gasteiger charge is 2.23. The fourth-order valence-electron chi connectivity index (χ4n) is 5.32. The Labute approximate surface area is 278 Å². The fourth-order valence-corrected chi connectivity index (χ4v) is 6.96. The van der Waals surface area contributed by atoms with E-state index < -0.39 is 32.6 Å². The van der Waals surface area contributed by atoms with Crippen LogP contribution < -0.4 is 14.4 Å². The molecule has 1 rings (SSSR count). The Kier molecular flexibility index (Phi) is 24.3. The fraction of sp³-hybridized carbons (Fsp3) is 0.771. The van der Waals surface area contributed by atoms with Gasteiger partial charge in [-0.2, -0.15) is 0 Å². The van der Waals surface area contributed by atoms with Crippen LogP contribution in [0.25, 0.3) is 0 Å². The molecule has 11 heteroatoms. The van der Waals surface area contributed by atoms with Crippen molar-refractivity contribution in [1.29, 1.82) is 0 Å². The lowest BCUT2D eigenvalue weighted by Gasteiger charge is -2.22. The summed E-state index contributed by atoms with van der Waals surface area (Å²) in [5, 5.41) is 18.7. The van der Waals surface area contributed by atoms with E-state index >= 15 is 0 Å². The zero-order valence-corrected chi connectivity index (χ0v) is 29.7. The highest BCUT2D eigenvalue weighted by molar-refractivity contribution is 7.53. The number of hydrogen-bond donors (Lipinski definition) is 2. The van der Waals surface area contributed by atoms with Crippen LogP contribution in [0.15, 0.2) is 18.2 Å². The van der Waals surface area contributed by atoms with Crippen molar-refractivity contribution in [2.24, 2.45) is 0 Å². The number of carboxylic acids is 2. The predicted octanol–water partition coefficient (Wildman–Crippen LogP) is 9.34. The average Bonchev–Trinajstić information content (AvgIpc) is 3.00. The van der Waals surface area contributed by atoms with Crippen LogP contribution in [0.3, 0.4) is 0 Å². The third-order valence-electron chi connectivity index (χ3n) is 7.65. The van der Waals surface area contributed by atoms with Gasteiger partial charge in [0.1, 0.15) is 24.6 Å². The summed E-state index contributed by atoms with van der Waals surface area (Å²) < 4.78 is 35.3. The minimum Gasteiger partial charge on any atom is -0.493 e. The zero-order chi connectivity index (χ0) is 33.9. The molecule has 0 aliphatic carbocycles. The standard InChI is InChI=1S/C35H62NO9P/c1-4-7-8-9-10-11-12-13-14-15-16-17-18-19-20-21-23-42-32-26-31(36(29-34(37)38)30-35(39)40)27-33(28-32)43-24-22-25-46(41,44-5-2)45-6-3/h26-28H,4-25,29-30H2,1-3H3,(H,37,38)(H,39,40). The Morgan fingerprint density at radius 3 is 1.39 bits per heavy atom. The molecule has 0 fully saturated rings. The maximum atomic E-state index is 12.7. The van der Waals surface area contributed by atoms with Gasteiger partial charge >= 0.3 is 19.5 Å². The molecule has 2 N–H and O–H groups in total. The summed E-state index contributed by atoms with van der Waals surface area (Å²) >= 11 is 0. The molecule has 0 saturated carbocycles. The molecule has 0 heterocycles. The second kappa shape index (κ2) is 26.7. The highest BCUT2D eigenvalue weighted by Crippen LogP contribution is 2.48. The molecule has 1 aromatic rings. The van der Waals surface area contributed by atoms with Crippen molar-refractivity contribution in [2.75, 3.05) is 50.6 Å². The number of rotatable bonds is 32. The van der Waals surface area contributed by atoms with Gasteiger partial charge in [0, 0.05) is 23.9 Å². The second-order valence-corrected chi connectivity index (χ2v) is 14.0. The van der Waals surface area contributed by atoms with Gasteiger partial charge in [0.2, 0.25) is 0 Å². The van der Waals surface area contributed by atoms with Crippen LogP contribution >= 0.6 is 7.60 Å². The smallest absolute Gasteiger partial charge is 0.330 e. The van der Waals surface area contributed by atoms with Crippen molar-refractivity contribution in [3.63, 3.8) is 0 Å². The largest absolute Gasteiger partial charge is 0.493 e. The van der Waals surface area contributed by atoms with Crippen LogP contribution in [0, 0.1) is 0 Å². The van der Waals surface area contributed by atoms with E-state index in [4.69, 9.17) is 18.5 Å². The third-order valence-corrected chi connectivity index (χ3v) is 9.81. The highest BCUT2D eigenvalue weighted by atomic mass is 31.2. The summed E-state index contributed by atoms with van der Waals surface area (Å²) in [6, 6.07) is 4.95. The normalized spacial score (nSPS) is 11.5. The van der Waals surface area contributed by atoms with Crippen molar-refractivity contribution in [3.05, 3.63) is 18.2 Å². The zero-order valence-electron chi connectivity index (χ0n) is 28.8. The lowest BCUT2D eigenvalue weighted by atomic mass is 10.0. The molecule has 0 aliphatic heterocycles. The molecule has 0 aromatic heterocycles. The lowest BCUT2D eigenvalue weighted by molar-refractivity contribution is -0.136. The maximum absolute atomic E-state index is 12.7. The molecule has 0 saturated heterocycles. The minimum absolute atomic E-state index is 0.196. The number of ether oxygens (including phenoxy) is 2. The molecule has 0 spiro atoms. The van der Waals surface area contributed by atoms with Gasteiger partial charge in [-0.1, -0.05) is 103 Å². The first-order chi connectivity index (χ1) is 22.2. The average molecular weight is 672 g/mol. The molecule has 0 unspecified atom stereocenters. The van der Waals surface area contributed by atoms with E-state index in [1.54, 1.807) is 32.0 Å². The number of nitrogens with zero attached hydrogens (tertiary/aromatic N) is 1. The lowest BCUT2D eigenvalue weighted by Crippen LogP contribution is -2.34. The Hall–Kier alpha value is -2.29. The molecule has 10 nitrogen and oxygen atoms in total. The molecule has 0 amide bonds. The molecule has 266 valence electrons. The Morgan fingerprint density at radius 2 is 1.00 bits per heavy atom. The SMILES string of the molecule is CCCCCCCCCCCCCCCCCCOc1cc(OCCCP(=O)(OCC)OCC)cc(N(CC(=O)O)CC(=O)O)c1. The van der Waals surface area contributed by atoms with Crippen LogP contribution in [0.5, 0.6) is 11.5 Å². The molecular formula is C35H62NO9P. The van der Waals surface area contributed by atoms with E-state index in [9.17, 15) is 24.4 Å². The van der Waals surface area contributed by atoms with Crippen LogP contribution in [0.1, 0.15) is 130 Å². The van der Waals surface area contributed by atoms with Crippen molar-refractivity contribution in [3.8, 4) is 11.5 Å². The van der Waals surface area contributed by atoms with Crippen LogP contribution in [-0.2, 0) is 23.2 Å².